The van der Waals surface area contributed by atoms with Gasteiger partial charge in [0.25, 0.3) is 0 Å². The molecule has 1 aliphatic rings. The third kappa shape index (κ3) is 2.82. The van der Waals surface area contributed by atoms with E-state index < -0.39 is 0 Å². The Hall–Kier alpha value is -0.820. The van der Waals surface area contributed by atoms with E-state index in [2.05, 4.69) is 44.3 Å². The minimum Gasteiger partial charge on any atom is -0.308 e. The van der Waals surface area contributed by atoms with E-state index >= 15 is 0 Å². The topological polar surface area (TPSA) is 12.0 Å². The van der Waals surface area contributed by atoms with Gasteiger partial charge in [0.1, 0.15) is 0 Å². The molecule has 1 N–H and O–H groups in total. The molecule has 0 aromatic heterocycles. The number of aryl methyl sites for hydroxylation is 2. The van der Waals surface area contributed by atoms with Gasteiger partial charge in [-0.15, -0.1) is 0 Å². The summed E-state index contributed by atoms with van der Waals surface area (Å²) in [6.45, 7) is 7.61. The Kier molecular flexibility index (Phi) is 2.83. The van der Waals surface area contributed by atoms with Gasteiger partial charge >= 0.3 is 0 Å². The quantitative estimate of drug-likeness (QED) is 0.779. The van der Waals surface area contributed by atoms with Gasteiger partial charge < -0.3 is 5.32 Å². The highest BCUT2D eigenvalue weighted by Crippen LogP contribution is 2.22. The number of hydrogen-bond acceptors (Lipinski definition) is 1. The molecule has 82 valence electrons. The summed E-state index contributed by atoms with van der Waals surface area (Å²) >= 11 is 0. The zero-order valence-corrected chi connectivity index (χ0v) is 10.1. The lowest BCUT2D eigenvalue weighted by atomic mass is 10.0. The summed E-state index contributed by atoms with van der Waals surface area (Å²) in [5, 5.41) is 3.53. The van der Waals surface area contributed by atoms with Crippen molar-refractivity contribution in [2.45, 2.75) is 52.1 Å². The predicted octanol–water partition coefficient (Wildman–Crippen LogP) is 3.06. The molecule has 0 radical (unpaired) electrons. The van der Waals surface area contributed by atoms with E-state index in [1.165, 1.54) is 24.8 Å². The van der Waals surface area contributed by atoms with Gasteiger partial charge in [0.05, 0.1) is 0 Å². The van der Waals surface area contributed by atoms with Crippen molar-refractivity contribution in [3.05, 3.63) is 34.9 Å². The van der Waals surface area contributed by atoms with Crippen LogP contribution in [0.25, 0.3) is 0 Å². The van der Waals surface area contributed by atoms with Crippen molar-refractivity contribution in [1.82, 2.24) is 5.32 Å². The minimum atomic E-state index is 0.207. The monoisotopic (exact) mass is 203 g/mol. The lowest BCUT2D eigenvalue weighted by Crippen LogP contribution is -2.35. The first-order chi connectivity index (χ1) is 7.04. The highest BCUT2D eigenvalue weighted by molar-refractivity contribution is 5.35. The second-order valence-electron chi connectivity index (χ2n) is 5.56. The molecular formula is C14H21N. The molecule has 15 heavy (non-hydrogen) atoms. The fourth-order valence-electron chi connectivity index (χ4n) is 2.10. The van der Waals surface area contributed by atoms with Crippen molar-refractivity contribution in [2.75, 3.05) is 0 Å². The Bertz CT molecular complexity index is 347. The number of fused-ring (bicyclic) bond motifs is 1. The van der Waals surface area contributed by atoms with Gasteiger partial charge in [-0.3, -0.25) is 0 Å². The number of benzene rings is 1. The van der Waals surface area contributed by atoms with E-state index in [1.54, 1.807) is 11.1 Å². The van der Waals surface area contributed by atoms with Crippen LogP contribution in [0.15, 0.2) is 18.2 Å². The molecule has 0 atom stereocenters. The molecule has 1 nitrogen and oxygen atoms in total. The van der Waals surface area contributed by atoms with Gasteiger partial charge in [-0.2, -0.15) is 0 Å². The zero-order valence-electron chi connectivity index (χ0n) is 10.1. The maximum atomic E-state index is 3.53. The summed E-state index contributed by atoms with van der Waals surface area (Å²) in [6.07, 6.45) is 3.90. The molecule has 1 aromatic carbocycles. The van der Waals surface area contributed by atoms with Gasteiger partial charge in [0.2, 0.25) is 0 Å². The maximum Gasteiger partial charge on any atom is 0.0210 e. The van der Waals surface area contributed by atoms with Crippen LogP contribution in [0, 0.1) is 0 Å². The molecule has 1 aromatic rings. The van der Waals surface area contributed by atoms with Crippen molar-refractivity contribution in [3.63, 3.8) is 0 Å². The summed E-state index contributed by atoms with van der Waals surface area (Å²) in [5.74, 6) is 0. The van der Waals surface area contributed by atoms with Gasteiger partial charge in [0, 0.05) is 12.1 Å². The van der Waals surface area contributed by atoms with Crippen LogP contribution in [0.3, 0.4) is 0 Å². The van der Waals surface area contributed by atoms with Crippen LogP contribution in [-0.2, 0) is 19.4 Å². The number of hydrogen-bond donors (Lipinski definition) is 1. The van der Waals surface area contributed by atoms with E-state index in [0.29, 0.717) is 0 Å². The molecule has 0 unspecified atom stereocenters. The largest absolute Gasteiger partial charge is 0.308 e. The Morgan fingerprint density at radius 2 is 1.87 bits per heavy atom. The van der Waals surface area contributed by atoms with Crippen LogP contribution in [0.4, 0.5) is 0 Å². The third-order valence-corrected chi connectivity index (χ3v) is 2.99. The molecular weight excluding hydrogens is 182 g/mol. The SMILES string of the molecule is CC(C)(C)NCc1ccc2c(c1)CCC2. The number of nitrogens with one attached hydrogen (secondary N) is 1. The molecule has 0 spiro atoms. The lowest BCUT2D eigenvalue weighted by molar-refractivity contribution is 0.424. The van der Waals surface area contributed by atoms with Crippen LogP contribution in [0.2, 0.25) is 0 Å². The van der Waals surface area contributed by atoms with Gasteiger partial charge in [-0.25, -0.2) is 0 Å². The second kappa shape index (κ2) is 3.97. The van der Waals surface area contributed by atoms with E-state index in [9.17, 15) is 0 Å². The molecule has 0 fully saturated rings. The average Bonchev–Trinajstić information content (AvgIpc) is 2.60. The molecule has 2 rings (SSSR count). The van der Waals surface area contributed by atoms with Gasteiger partial charge in [-0.1, -0.05) is 18.2 Å². The van der Waals surface area contributed by atoms with Crippen molar-refractivity contribution in [2.24, 2.45) is 0 Å². The third-order valence-electron chi connectivity index (χ3n) is 2.99. The second-order valence-corrected chi connectivity index (χ2v) is 5.56. The highest BCUT2D eigenvalue weighted by atomic mass is 14.9. The molecule has 1 heteroatoms. The first-order valence-electron chi connectivity index (χ1n) is 5.90. The standard InChI is InChI=1S/C14H21N/c1-14(2,3)15-10-11-7-8-12-5-4-6-13(12)9-11/h7-9,15H,4-6,10H2,1-3H3. The van der Waals surface area contributed by atoms with E-state index in [-0.39, 0.29) is 5.54 Å². The van der Waals surface area contributed by atoms with Crippen molar-refractivity contribution < 1.29 is 0 Å². The smallest absolute Gasteiger partial charge is 0.0210 e. The van der Waals surface area contributed by atoms with E-state index in [0.717, 1.165) is 6.54 Å². The summed E-state index contributed by atoms with van der Waals surface area (Å²) in [6, 6.07) is 6.95. The van der Waals surface area contributed by atoms with E-state index in [4.69, 9.17) is 0 Å². The summed E-state index contributed by atoms with van der Waals surface area (Å²) < 4.78 is 0. The molecule has 0 saturated carbocycles. The van der Waals surface area contributed by atoms with Crippen LogP contribution in [0.5, 0.6) is 0 Å². The molecule has 1 aliphatic carbocycles. The molecule has 0 bridgehead atoms. The Balaban J connectivity index is 2.04. The predicted molar refractivity (Wildman–Crippen MR) is 65.1 cm³/mol. The van der Waals surface area contributed by atoms with E-state index in [1.807, 2.05) is 0 Å². The molecule has 0 heterocycles. The minimum absolute atomic E-state index is 0.207. The Labute approximate surface area is 92.9 Å². The summed E-state index contributed by atoms with van der Waals surface area (Å²) in [4.78, 5) is 0. The van der Waals surface area contributed by atoms with Crippen LogP contribution in [0.1, 0.15) is 43.9 Å². The molecule has 0 saturated heterocycles. The van der Waals surface area contributed by atoms with Crippen molar-refractivity contribution in [3.8, 4) is 0 Å². The normalized spacial score (nSPS) is 15.4. The first-order valence-corrected chi connectivity index (χ1v) is 5.90. The Morgan fingerprint density at radius 1 is 1.13 bits per heavy atom. The summed E-state index contributed by atoms with van der Waals surface area (Å²) in [7, 11) is 0. The van der Waals surface area contributed by atoms with Gasteiger partial charge in [-0.05, 0) is 56.7 Å². The lowest BCUT2D eigenvalue weighted by Gasteiger charge is -2.20. The zero-order chi connectivity index (χ0) is 10.9. The van der Waals surface area contributed by atoms with Crippen LogP contribution < -0.4 is 5.32 Å². The fraction of sp³-hybridized carbons (Fsp3) is 0.571. The molecule has 0 amide bonds. The van der Waals surface area contributed by atoms with Crippen molar-refractivity contribution >= 4 is 0 Å². The average molecular weight is 203 g/mol. The molecule has 0 aliphatic heterocycles. The van der Waals surface area contributed by atoms with Crippen LogP contribution in [-0.4, -0.2) is 5.54 Å². The highest BCUT2D eigenvalue weighted by Gasteiger charge is 2.12. The fourth-order valence-corrected chi connectivity index (χ4v) is 2.10. The van der Waals surface area contributed by atoms with Gasteiger partial charge in [0.15, 0.2) is 0 Å². The maximum absolute atomic E-state index is 3.53. The first kappa shape index (κ1) is 10.7. The van der Waals surface area contributed by atoms with Crippen molar-refractivity contribution in [1.29, 1.82) is 0 Å². The summed E-state index contributed by atoms with van der Waals surface area (Å²) in [5.41, 5.74) is 4.77. The Morgan fingerprint density at radius 3 is 2.60 bits per heavy atom. The van der Waals surface area contributed by atoms with Crippen LogP contribution >= 0.6 is 0 Å². The number of rotatable bonds is 2.